The molecule has 0 aliphatic heterocycles. The number of rotatable bonds is 1. The van der Waals surface area contributed by atoms with Crippen LogP contribution in [-0.4, -0.2) is 9.97 Å². The zero-order valence-electron chi connectivity index (χ0n) is 8.18. The first-order valence-corrected chi connectivity index (χ1v) is 4.86. The third-order valence-corrected chi connectivity index (χ3v) is 2.38. The van der Waals surface area contributed by atoms with Crippen LogP contribution in [-0.2, 0) is 0 Å². The summed E-state index contributed by atoms with van der Waals surface area (Å²) in [5.74, 6) is 0.450. The molecular weight excluding hydrogens is 224 g/mol. The highest BCUT2D eigenvalue weighted by Crippen LogP contribution is 2.22. The third kappa shape index (κ3) is 1.95. The minimum absolute atomic E-state index is 0.203. The fourth-order valence-corrected chi connectivity index (χ4v) is 1.41. The molecule has 0 aliphatic carbocycles. The monoisotopic (exact) mass is 230 g/mol. The summed E-state index contributed by atoms with van der Waals surface area (Å²) in [6.07, 6.45) is 3.22. The molecule has 0 radical (unpaired) electrons. The molecule has 0 spiro atoms. The summed E-state index contributed by atoms with van der Waals surface area (Å²) < 4.78 is 0. The number of hydrogen-bond donors (Lipinski definition) is 1. The van der Waals surface area contributed by atoms with Crippen molar-refractivity contribution in [1.29, 1.82) is 5.26 Å². The first-order valence-electron chi connectivity index (χ1n) is 4.48. The van der Waals surface area contributed by atoms with E-state index < -0.39 is 0 Å². The lowest BCUT2D eigenvalue weighted by Gasteiger charge is -2.02. The summed E-state index contributed by atoms with van der Waals surface area (Å²) in [7, 11) is 0. The Morgan fingerprint density at radius 2 is 1.94 bits per heavy atom. The van der Waals surface area contributed by atoms with Gasteiger partial charge in [-0.3, -0.25) is 0 Å². The fourth-order valence-electron chi connectivity index (χ4n) is 1.26. The van der Waals surface area contributed by atoms with Gasteiger partial charge in [0, 0.05) is 23.5 Å². The number of nitrogens with zero attached hydrogens (tertiary/aromatic N) is 3. The molecule has 0 aromatic carbocycles. The largest absolute Gasteiger partial charge is 0.384 e. The SMILES string of the molecule is N#Cc1cc(-c2ccc(N)nc2)cnc1Cl. The molecular formula is C11H7ClN4. The van der Waals surface area contributed by atoms with E-state index in [-0.39, 0.29) is 5.15 Å². The Balaban J connectivity index is 2.49. The number of hydrogen-bond acceptors (Lipinski definition) is 4. The standard InChI is InChI=1S/C11H7ClN4/c12-11-8(4-13)3-9(6-16-11)7-1-2-10(14)15-5-7/h1-3,5-6H,(H2,14,15). The zero-order valence-corrected chi connectivity index (χ0v) is 8.94. The van der Waals surface area contributed by atoms with Crippen molar-refractivity contribution in [2.24, 2.45) is 0 Å². The highest BCUT2D eigenvalue weighted by Gasteiger charge is 2.04. The minimum atomic E-state index is 0.203. The van der Waals surface area contributed by atoms with Crippen molar-refractivity contribution >= 4 is 17.4 Å². The fraction of sp³-hybridized carbons (Fsp3) is 0. The van der Waals surface area contributed by atoms with Crippen LogP contribution in [0, 0.1) is 11.3 Å². The Kier molecular flexibility index (Phi) is 2.71. The number of nitriles is 1. The third-order valence-electron chi connectivity index (χ3n) is 2.08. The number of anilines is 1. The number of aromatic nitrogens is 2. The second kappa shape index (κ2) is 4.17. The van der Waals surface area contributed by atoms with E-state index in [2.05, 4.69) is 9.97 Å². The summed E-state index contributed by atoms with van der Waals surface area (Å²) >= 11 is 5.74. The highest BCUT2D eigenvalue weighted by atomic mass is 35.5. The quantitative estimate of drug-likeness (QED) is 0.763. The van der Waals surface area contributed by atoms with Crippen molar-refractivity contribution in [3.8, 4) is 17.2 Å². The van der Waals surface area contributed by atoms with Crippen LogP contribution in [0.1, 0.15) is 5.56 Å². The summed E-state index contributed by atoms with van der Waals surface area (Å²) in [4.78, 5) is 7.90. The van der Waals surface area contributed by atoms with Gasteiger partial charge in [-0.05, 0) is 18.2 Å². The molecule has 2 rings (SSSR count). The second-order valence-electron chi connectivity index (χ2n) is 3.15. The molecule has 78 valence electrons. The average Bonchev–Trinajstić information content (AvgIpc) is 2.31. The van der Waals surface area contributed by atoms with Gasteiger partial charge in [0.05, 0.1) is 5.56 Å². The predicted molar refractivity (Wildman–Crippen MR) is 61.6 cm³/mol. The minimum Gasteiger partial charge on any atom is -0.384 e. The predicted octanol–water partition coefficient (Wildman–Crippen LogP) is 2.25. The number of nitrogen functional groups attached to an aromatic ring is 1. The van der Waals surface area contributed by atoms with Crippen LogP contribution in [0.15, 0.2) is 30.6 Å². The van der Waals surface area contributed by atoms with Crippen LogP contribution >= 0.6 is 11.6 Å². The van der Waals surface area contributed by atoms with Gasteiger partial charge in [0.2, 0.25) is 0 Å². The van der Waals surface area contributed by atoms with E-state index in [1.54, 1.807) is 24.5 Å². The second-order valence-corrected chi connectivity index (χ2v) is 3.50. The van der Waals surface area contributed by atoms with E-state index in [0.717, 1.165) is 11.1 Å². The topological polar surface area (TPSA) is 75.6 Å². The molecule has 4 nitrogen and oxygen atoms in total. The van der Waals surface area contributed by atoms with Crippen LogP contribution in [0.25, 0.3) is 11.1 Å². The molecule has 5 heteroatoms. The molecule has 0 saturated heterocycles. The summed E-state index contributed by atoms with van der Waals surface area (Å²) in [6.45, 7) is 0. The van der Waals surface area contributed by atoms with Crippen molar-refractivity contribution in [2.45, 2.75) is 0 Å². The summed E-state index contributed by atoms with van der Waals surface area (Å²) in [5.41, 5.74) is 7.46. The van der Waals surface area contributed by atoms with Gasteiger partial charge in [-0.15, -0.1) is 0 Å². The van der Waals surface area contributed by atoms with Crippen molar-refractivity contribution in [3.63, 3.8) is 0 Å². The molecule has 2 aromatic heterocycles. The average molecular weight is 231 g/mol. The van der Waals surface area contributed by atoms with Crippen LogP contribution in [0.2, 0.25) is 5.15 Å². The molecule has 2 heterocycles. The van der Waals surface area contributed by atoms with Gasteiger partial charge >= 0.3 is 0 Å². The molecule has 0 fully saturated rings. The maximum atomic E-state index is 8.82. The first-order chi connectivity index (χ1) is 7.70. The van der Waals surface area contributed by atoms with Crippen LogP contribution < -0.4 is 5.73 Å². The maximum Gasteiger partial charge on any atom is 0.146 e. The van der Waals surface area contributed by atoms with Gasteiger partial charge in [-0.2, -0.15) is 5.26 Å². The van der Waals surface area contributed by atoms with Gasteiger partial charge in [-0.1, -0.05) is 11.6 Å². The van der Waals surface area contributed by atoms with Gasteiger partial charge in [0.15, 0.2) is 0 Å². The smallest absolute Gasteiger partial charge is 0.146 e. The summed E-state index contributed by atoms with van der Waals surface area (Å²) in [6, 6.07) is 7.15. The van der Waals surface area contributed by atoms with Gasteiger partial charge < -0.3 is 5.73 Å². The van der Waals surface area contributed by atoms with E-state index in [0.29, 0.717) is 11.4 Å². The first kappa shape index (κ1) is 10.4. The van der Waals surface area contributed by atoms with E-state index in [4.69, 9.17) is 22.6 Å². The molecule has 0 amide bonds. The molecule has 2 N–H and O–H groups in total. The van der Waals surface area contributed by atoms with Crippen molar-refractivity contribution in [3.05, 3.63) is 41.3 Å². The van der Waals surface area contributed by atoms with E-state index >= 15 is 0 Å². The zero-order chi connectivity index (χ0) is 11.5. The van der Waals surface area contributed by atoms with Gasteiger partial charge in [0.1, 0.15) is 17.0 Å². The van der Waals surface area contributed by atoms with E-state index in [1.807, 2.05) is 12.1 Å². The normalized spacial score (nSPS) is 9.75. The Hall–Kier alpha value is -2.12. The van der Waals surface area contributed by atoms with Gasteiger partial charge in [0.25, 0.3) is 0 Å². The highest BCUT2D eigenvalue weighted by molar-refractivity contribution is 6.30. The van der Waals surface area contributed by atoms with Crippen molar-refractivity contribution < 1.29 is 0 Å². The van der Waals surface area contributed by atoms with Crippen LogP contribution in [0.4, 0.5) is 5.82 Å². The molecule has 16 heavy (non-hydrogen) atoms. The molecule has 0 unspecified atom stereocenters. The molecule has 0 atom stereocenters. The Labute approximate surface area is 97.3 Å². The molecule has 0 aliphatic rings. The number of pyridine rings is 2. The van der Waals surface area contributed by atoms with Crippen molar-refractivity contribution in [1.82, 2.24) is 9.97 Å². The lowest BCUT2D eigenvalue weighted by Crippen LogP contribution is -1.90. The van der Waals surface area contributed by atoms with E-state index in [1.165, 1.54) is 0 Å². The summed E-state index contributed by atoms with van der Waals surface area (Å²) in [5, 5.41) is 9.03. The van der Waals surface area contributed by atoms with E-state index in [9.17, 15) is 0 Å². The van der Waals surface area contributed by atoms with Gasteiger partial charge in [-0.25, -0.2) is 9.97 Å². The van der Waals surface area contributed by atoms with Crippen molar-refractivity contribution in [2.75, 3.05) is 5.73 Å². The molecule has 2 aromatic rings. The lowest BCUT2D eigenvalue weighted by molar-refractivity contribution is 1.28. The Morgan fingerprint density at radius 1 is 1.19 bits per heavy atom. The molecule has 0 saturated carbocycles. The number of nitrogens with two attached hydrogens (primary N) is 1. The van der Waals surface area contributed by atoms with Crippen LogP contribution in [0.5, 0.6) is 0 Å². The Bertz CT molecular complexity index is 557. The Morgan fingerprint density at radius 3 is 2.56 bits per heavy atom. The number of halogens is 1. The molecule has 0 bridgehead atoms. The van der Waals surface area contributed by atoms with Crippen LogP contribution in [0.3, 0.4) is 0 Å². The lowest BCUT2D eigenvalue weighted by atomic mass is 10.1. The maximum absolute atomic E-state index is 8.82.